The van der Waals surface area contributed by atoms with E-state index in [1.807, 2.05) is 0 Å². The third-order valence-electron chi connectivity index (χ3n) is 3.43. The van der Waals surface area contributed by atoms with Gasteiger partial charge in [-0.3, -0.25) is 0 Å². The van der Waals surface area contributed by atoms with Gasteiger partial charge in [0.1, 0.15) is 0 Å². The van der Waals surface area contributed by atoms with Crippen LogP contribution < -0.4 is 5.32 Å². The summed E-state index contributed by atoms with van der Waals surface area (Å²) in [7, 11) is 4.28. The first kappa shape index (κ1) is 14.9. The summed E-state index contributed by atoms with van der Waals surface area (Å²) in [6.45, 7) is 10.3. The van der Waals surface area contributed by atoms with E-state index in [9.17, 15) is 0 Å². The molecule has 0 heterocycles. The fourth-order valence-electron chi connectivity index (χ4n) is 1.91. The normalized spacial score (nSPS) is 17.8. The molecule has 0 spiro atoms. The molecule has 0 aliphatic rings. The minimum atomic E-state index is 0.618. The van der Waals surface area contributed by atoms with Crippen molar-refractivity contribution in [2.75, 3.05) is 20.6 Å². The number of nitrogens with one attached hydrogen (secondary N) is 1. The van der Waals surface area contributed by atoms with Gasteiger partial charge in [0.05, 0.1) is 0 Å². The molecule has 0 saturated heterocycles. The highest BCUT2D eigenvalue weighted by Crippen LogP contribution is 2.13. The third-order valence-corrected chi connectivity index (χ3v) is 3.43. The predicted molar refractivity (Wildman–Crippen MR) is 69.3 cm³/mol. The molecule has 0 amide bonds. The molecule has 0 fully saturated rings. The second kappa shape index (κ2) is 8.12. The molecule has 92 valence electrons. The summed E-state index contributed by atoms with van der Waals surface area (Å²) in [6.07, 6.45) is 3.87. The maximum absolute atomic E-state index is 3.69. The molecule has 0 bridgehead atoms. The van der Waals surface area contributed by atoms with E-state index < -0.39 is 0 Å². The van der Waals surface area contributed by atoms with E-state index in [4.69, 9.17) is 0 Å². The Morgan fingerprint density at radius 1 is 1.13 bits per heavy atom. The second-order valence-electron chi connectivity index (χ2n) is 5.00. The van der Waals surface area contributed by atoms with E-state index in [1.54, 1.807) is 0 Å². The monoisotopic (exact) mass is 214 g/mol. The zero-order valence-corrected chi connectivity index (χ0v) is 11.5. The Labute approximate surface area is 96.4 Å². The van der Waals surface area contributed by atoms with Gasteiger partial charge < -0.3 is 10.2 Å². The molecule has 0 saturated carbocycles. The number of nitrogens with zero attached hydrogens (tertiary/aromatic N) is 1. The Morgan fingerprint density at radius 3 is 2.13 bits per heavy atom. The molecule has 0 aromatic carbocycles. The number of likely N-dealkylation sites (N-methyl/N-ethyl adjacent to an activating group) is 1. The van der Waals surface area contributed by atoms with E-state index in [1.165, 1.54) is 19.3 Å². The summed E-state index contributed by atoms with van der Waals surface area (Å²) in [6, 6.07) is 1.31. The van der Waals surface area contributed by atoms with Gasteiger partial charge in [-0.15, -0.1) is 0 Å². The maximum Gasteiger partial charge on any atom is 0.0186 e. The maximum atomic E-state index is 3.69. The molecule has 2 nitrogen and oxygen atoms in total. The molecular formula is C13H30N2. The predicted octanol–water partition coefficient (Wildman–Crippen LogP) is 2.74. The Hall–Kier alpha value is -0.0800. The van der Waals surface area contributed by atoms with Crippen LogP contribution in [0.2, 0.25) is 0 Å². The van der Waals surface area contributed by atoms with E-state index in [0.29, 0.717) is 12.1 Å². The molecule has 0 rings (SSSR count). The van der Waals surface area contributed by atoms with Gasteiger partial charge in [0, 0.05) is 18.6 Å². The van der Waals surface area contributed by atoms with Crippen LogP contribution >= 0.6 is 0 Å². The third kappa shape index (κ3) is 6.16. The Bertz CT molecular complexity index is 145. The highest BCUT2D eigenvalue weighted by atomic mass is 15.1. The molecule has 15 heavy (non-hydrogen) atoms. The van der Waals surface area contributed by atoms with Crippen LogP contribution in [0.1, 0.15) is 47.0 Å². The van der Waals surface area contributed by atoms with Crippen molar-refractivity contribution in [1.29, 1.82) is 0 Å². The highest BCUT2D eigenvalue weighted by molar-refractivity contribution is 4.74. The van der Waals surface area contributed by atoms with Crippen molar-refractivity contribution >= 4 is 0 Å². The summed E-state index contributed by atoms with van der Waals surface area (Å²) in [5, 5.41) is 3.69. The molecule has 2 heteroatoms. The Kier molecular flexibility index (Phi) is 8.07. The average Bonchev–Trinajstić information content (AvgIpc) is 2.18. The molecule has 0 aliphatic carbocycles. The first-order valence-electron chi connectivity index (χ1n) is 6.42. The summed E-state index contributed by atoms with van der Waals surface area (Å²) in [5.41, 5.74) is 0. The molecule has 3 atom stereocenters. The number of hydrogen-bond donors (Lipinski definition) is 1. The van der Waals surface area contributed by atoms with Crippen molar-refractivity contribution in [2.24, 2.45) is 5.92 Å². The number of rotatable bonds is 8. The van der Waals surface area contributed by atoms with Crippen molar-refractivity contribution in [3.63, 3.8) is 0 Å². The lowest BCUT2D eigenvalue weighted by Crippen LogP contribution is -2.42. The smallest absolute Gasteiger partial charge is 0.0186 e. The largest absolute Gasteiger partial charge is 0.312 e. The molecule has 0 aliphatic heterocycles. The van der Waals surface area contributed by atoms with Gasteiger partial charge in [-0.1, -0.05) is 27.2 Å². The molecular weight excluding hydrogens is 184 g/mol. The summed E-state index contributed by atoms with van der Waals surface area (Å²) >= 11 is 0. The summed E-state index contributed by atoms with van der Waals surface area (Å²) < 4.78 is 0. The van der Waals surface area contributed by atoms with Crippen molar-refractivity contribution in [1.82, 2.24) is 10.2 Å². The van der Waals surface area contributed by atoms with Crippen LogP contribution in [-0.4, -0.2) is 37.6 Å². The fraction of sp³-hybridized carbons (Fsp3) is 1.00. The molecule has 3 unspecified atom stereocenters. The Morgan fingerprint density at radius 2 is 1.73 bits per heavy atom. The fourth-order valence-corrected chi connectivity index (χ4v) is 1.91. The van der Waals surface area contributed by atoms with Gasteiger partial charge in [0.15, 0.2) is 0 Å². The average molecular weight is 214 g/mol. The first-order chi connectivity index (χ1) is 7.02. The molecule has 0 aromatic rings. The Balaban J connectivity index is 3.88. The van der Waals surface area contributed by atoms with Crippen molar-refractivity contribution in [3.8, 4) is 0 Å². The van der Waals surface area contributed by atoms with Gasteiger partial charge in [-0.05, 0) is 39.8 Å². The zero-order chi connectivity index (χ0) is 11.8. The van der Waals surface area contributed by atoms with Gasteiger partial charge >= 0.3 is 0 Å². The van der Waals surface area contributed by atoms with E-state index in [0.717, 1.165) is 12.5 Å². The van der Waals surface area contributed by atoms with Crippen LogP contribution in [0.15, 0.2) is 0 Å². The quantitative estimate of drug-likeness (QED) is 0.668. The first-order valence-corrected chi connectivity index (χ1v) is 6.42. The molecule has 1 N–H and O–H groups in total. The van der Waals surface area contributed by atoms with Crippen molar-refractivity contribution < 1.29 is 0 Å². The zero-order valence-electron chi connectivity index (χ0n) is 11.5. The lowest BCUT2D eigenvalue weighted by Gasteiger charge is -2.27. The minimum Gasteiger partial charge on any atom is -0.312 e. The molecule has 0 radical (unpaired) electrons. The van der Waals surface area contributed by atoms with Crippen LogP contribution in [-0.2, 0) is 0 Å². The van der Waals surface area contributed by atoms with Gasteiger partial charge in [0.2, 0.25) is 0 Å². The lowest BCUT2D eigenvalue weighted by atomic mass is 9.95. The number of hydrogen-bond acceptors (Lipinski definition) is 2. The second-order valence-corrected chi connectivity index (χ2v) is 5.00. The van der Waals surface area contributed by atoms with Gasteiger partial charge in [-0.2, -0.15) is 0 Å². The topological polar surface area (TPSA) is 15.3 Å². The highest BCUT2D eigenvalue weighted by Gasteiger charge is 2.15. The van der Waals surface area contributed by atoms with Crippen LogP contribution in [0, 0.1) is 5.92 Å². The van der Waals surface area contributed by atoms with Crippen LogP contribution in [0.4, 0.5) is 0 Å². The van der Waals surface area contributed by atoms with Crippen LogP contribution in [0.3, 0.4) is 0 Å². The van der Waals surface area contributed by atoms with Crippen LogP contribution in [0.25, 0.3) is 0 Å². The summed E-state index contributed by atoms with van der Waals surface area (Å²) in [5.74, 6) is 0.800. The SMILES string of the molecule is CCCC(C)C(CC)NCC(C)N(C)C. The van der Waals surface area contributed by atoms with Gasteiger partial charge in [-0.25, -0.2) is 0 Å². The molecule has 0 aromatic heterocycles. The standard InChI is InChI=1S/C13H30N2/c1-7-9-11(3)13(8-2)14-10-12(4)15(5)6/h11-14H,7-10H2,1-6H3. The van der Waals surface area contributed by atoms with Crippen molar-refractivity contribution in [2.45, 2.75) is 59.0 Å². The lowest BCUT2D eigenvalue weighted by molar-refractivity contribution is 0.268. The summed E-state index contributed by atoms with van der Waals surface area (Å²) in [4.78, 5) is 2.27. The van der Waals surface area contributed by atoms with Gasteiger partial charge in [0.25, 0.3) is 0 Å². The van der Waals surface area contributed by atoms with E-state index in [-0.39, 0.29) is 0 Å². The van der Waals surface area contributed by atoms with E-state index in [2.05, 4.69) is 52.0 Å². The van der Waals surface area contributed by atoms with Crippen molar-refractivity contribution in [3.05, 3.63) is 0 Å². The van der Waals surface area contributed by atoms with E-state index >= 15 is 0 Å². The minimum absolute atomic E-state index is 0.618. The van der Waals surface area contributed by atoms with Crippen LogP contribution in [0.5, 0.6) is 0 Å².